The third kappa shape index (κ3) is 2.43. The predicted molar refractivity (Wildman–Crippen MR) is 97.4 cm³/mol. The van der Waals surface area contributed by atoms with Crippen molar-refractivity contribution in [3.05, 3.63) is 34.7 Å². The minimum absolute atomic E-state index is 0.0281. The standard InChI is InChI=1S/C17H18ClFN4O2S/c18-10-3-13(19)15(21-4-10)22-6-14-11(7-24)12-5-23(16-20-1-2-26-16)9-17(12,8-22)25-14/h1-4,11-12,14,24H,5-9H2/t11-,12+,14+,17+/m0/s1. The predicted octanol–water partition coefficient (Wildman–Crippen LogP) is 2.03. The maximum atomic E-state index is 14.4. The molecule has 4 atom stereocenters. The van der Waals surface area contributed by atoms with E-state index in [0.29, 0.717) is 25.5 Å². The third-order valence-electron chi connectivity index (χ3n) is 5.78. The number of halogens is 2. The van der Waals surface area contributed by atoms with Gasteiger partial charge in [0.25, 0.3) is 0 Å². The van der Waals surface area contributed by atoms with E-state index in [0.717, 1.165) is 11.7 Å². The molecule has 1 spiro atoms. The van der Waals surface area contributed by atoms with Crippen LogP contribution in [0.5, 0.6) is 0 Å². The van der Waals surface area contributed by atoms with Crippen LogP contribution < -0.4 is 9.80 Å². The Morgan fingerprint density at radius 2 is 2.19 bits per heavy atom. The van der Waals surface area contributed by atoms with Gasteiger partial charge in [0.1, 0.15) is 5.60 Å². The molecule has 138 valence electrons. The summed E-state index contributed by atoms with van der Waals surface area (Å²) in [6, 6.07) is 1.29. The Morgan fingerprint density at radius 1 is 1.35 bits per heavy atom. The zero-order chi connectivity index (χ0) is 17.9. The average molecular weight is 397 g/mol. The molecular weight excluding hydrogens is 379 g/mol. The van der Waals surface area contributed by atoms with Crippen LogP contribution in [0.25, 0.3) is 0 Å². The second-order valence-electron chi connectivity index (χ2n) is 7.21. The SMILES string of the molecule is OC[C@H]1[C@H]2CN(c3nccs3)C[C@]23CN(c2ncc(Cl)cc2F)C[C@H]1O3. The summed E-state index contributed by atoms with van der Waals surface area (Å²) in [4.78, 5) is 12.8. The molecule has 3 fully saturated rings. The number of hydrogen-bond acceptors (Lipinski definition) is 7. The minimum Gasteiger partial charge on any atom is -0.396 e. The maximum Gasteiger partial charge on any atom is 0.185 e. The molecule has 26 heavy (non-hydrogen) atoms. The van der Waals surface area contributed by atoms with Gasteiger partial charge in [-0.15, -0.1) is 11.3 Å². The smallest absolute Gasteiger partial charge is 0.185 e. The van der Waals surface area contributed by atoms with Gasteiger partial charge in [-0.3, -0.25) is 0 Å². The fraction of sp³-hybridized carbons (Fsp3) is 0.529. The van der Waals surface area contributed by atoms with E-state index in [1.54, 1.807) is 17.5 Å². The first-order valence-electron chi connectivity index (χ1n) is 8.59. The van der Waals surface area contributed by atoms with Gasteiger partial charge in [-0.2, -0.15) is 0 Å². The van der Waals surface area contributed by atoms with Crippen molar-refractivity contribution in [3.63, 3.8) is 0 Å². The molecule has 0 amide bonds. The molecule has 5 heterocycles. The van der Waals surface area contributed by atoms with E-state index in [1.807, 2.05) is 10.3 Å². The number of thiazole rings is 1. The summed E-state index contributed by atoms with van der Waals surface area (Å²) in [7, 11) is 0. The zero-order valence-electron chi connectivity index (χ0n) is 13.9. The van der Waals surface area contributed by atoms with Crippen LogP contribution in [0.4, 0.5) is 15.3 Å². The molecule has 2 bridgehead atoms. The van der Waals surface area contributed by atoms with Crippen LogP contribution in [0, 0.1) is 17.7 Å². The van der Waals surface area contributed by atoms with Gasteiger partial charge in [0.15, 0.2) is 16.8 Å². The van der Waals surface area contributed by atoms with Gasteiger partial charge in [0.2, 0.25) is 0 Å². The van der Waals surface area contributed by atoms with Crippen molar-refractivity contribution in [2.75, 3.05) is 42.6 Å². The highest BCUT2D eigenvalue weighted by molar-refractivity contribution is 7.13. The lowest BCUT2D eigenvalue weighted by Crippen LogP contribution is -2.54. The van der Waals surface area contributed by atoms with E-state index in [4.69, 9.17) is 16.3 Å². The lowest BCUT2D eigenvalue weighted by Gasteiger charge is -2.41. The zero-order valence-corrected chi connectivity index (χ0v) is 15.5. The van der Waals surface area contributed by atoms with Gasteiger partial charge < -0.3 is 19.6 Å². The van der Waals surface area contributed by atoms with Crippen molar-refractivity contribution >= 4 is 33.9 Å². The number of aliphatic hydroxyl groups excluding tert-OH is 1. The fourth-order valence-electron chi connectivity index (χ4n) is 4.75. The minimum atomic E-state index is -0.449. The van der Waals surface area contributed by atoms with Crippen molar-refractivity contribution in [1.29, 1.82) is 0 Å². The van der Waals surface area contributed by atoms with Crippen molar-refractivity contribution in [2.45, 2.75) is 11.7 Å². The number of morpholine rings is 1. The summed E-state index contributed by atoms with van der Waals surface area (Å²) in [6.45, 7) is 2.60. The van der Waals surface area contributed by atoms with E-state index >= 15 is 0 Å². The second kappa shape index (κ2) is 6.02. The molecule has 0 unspecified atom stereocenters. The number of pyridine rings is 1. The number of ether oxygens (including phenoxy) is 1. The topological polar surface area (TPSA) is 61.7 Å². The number of aromatic nitrogens is 2. The first-order chi connectivity index (χ1) is 12.6. The Morgan fingerprint density at radius 3 is 2.92 bits per heavy atom. The second-order valence-corrected chi connectivity index (χ2v) is 8.52. The monoisotopic (exact) mass is 396 g/mol. The van der Waals surface area contributed by atoms with E-state index in [-0.39, 0.29) is 29.6 Å². The summed E-state index contributed by atoms with van der Waals surface area (Å²) < 4.78 is 20.8. The Bertz CT molecular complexity index is 825. The van der Waals surface area contributed by atoms with Gasteiger partial charge in [-0.25, -0.2) is 14.4 Å². The van der Waals surface area contributed by atoms with Crippen molar-refractivity contribution in [2.24, 2.45) is 11.8 Å². The maximum absolute atomic E-state index is 14.4. The van der Waals surface area contributed by atoms with Crippen LogP contribution in [0.1, 0.15) is 0 Å². The van der Waals surface area contributed by atoms with Crippen LogP contribution in [-0.4, -0.2) is 59.6 Å². The normalized spacial score (nSPS) is 33.0. The Balaban J connectivity index is 1.48. The molecule has 1 N–H and O–H groups in total. The molecule has 2 aromatic heterocycles. The molecule has 9 heteroatoms. The lowest BCUT2D eigenvalue weighted by atomic mass is 9.83. The molecule has 3 aliphatic heterocycles. The summed E-state index contributed by atoms with van der Waals surface area (Å²) in [5.41, 5.74) is -0.449. The van der Waals surface area contributed by atoms with E-state index in [9.17, 15) is 9.50 Å². The van der Waals surface area contributed by atoms with Gasteiger partial charge in [0.05, 0.1) is 24.2 Å². The van der Waals surface area contributed by atoms with Gasteiger partial charge in [-0.1, -0.05) is 11.6 Å². The first-order valence-corrected chi connectivity index (χ1v) is 9.84. The molecule has 0 saturated carbocycles. The van der Waals surface area contributed by atoms with E-state index < -0.39 is 11.4 Å². The van der Waals surface area contributed by atoms with Crippen LogP contribution in [0.3, 0.4) is 0 Å². The Labute approximate surface area is 159 Å². The quantitative estimate of drug-likeness (QED) is 0.856. The van der Waals surface area contributed by atoms with Crippen LogP contribution in [-0.2, 0) is 4.74 Å². The molecule has 6 nitrogen and oxygen atoms in total. The van der Waals surface area contributed by atoms with E-state index in [1.165, 1.54) is 12.3 Å². The molecule has 0 aromatic carbocycles. The van der Waals surface area contributed by atoms with Gasteiger partial charge >= 0.3 is 0 Å². The highest BCUT2D eigenvalue weighted by Gasteiger charge is 2.62. The number of hydrogen-bond donors (Lipinski definition) is 1. The summed E-state index contributed by atoms with van der Waals surface area (Å²) >= 11 is 7.44. The largest absolute Gasteiger partial charge is 0.396 e. The Hall–Kier alpha value is -1.48. The van der Waals surface area contributed by atoms with Gasteiger partial charge in [-0.05, 0) is 6.07 Å². The molecule has 0 radical (unpaired) electrons. The molecule has 3 saturated heterocycles. The summed E-state index contributed by atoms with van der Waals surface area (Å²) in [5.74, 6) is 0.0799. The van der Waals surface area contributed by atoms with Crippen LogP contribution >= 0.6 is 22.9 Å². The number of anilines is 2. The number of fused-ring (bicyclic) bond motifs is 1. The fourth-order valence-corrected chi connectivity index (χ4v) is 5.55. The first kappa shape index (κ1) is 16.7. The Kier molecular flexibility index (Phi) is 3.86. The lowest BCUT2D eigenvalue weighted by molar-refractivity contribution is -0.0552. The molecule has 3 aliphatic rings. The van der Waals surface area contributed by atoms with Crippen LogP contribution in [0.15, 0.2) is 23.8 Å². The highest BCUT2D eigenvalue weighted by Crippen LogP contribution is 2.50. The molecular formula is C17H18ClFN4O2S. The van der Waals surface area contributed by atoms with Crippen molar-refractivity contribution in [3.8, 4) is 0 Å². The summed E-state index contributed by atoms with van der Waals surface area (Å²) in [5, 5.41) is 13.2. The van der Waals surface area contributed by atoms with Crippen molar-refractivity contribution in [1.82, 2.24) is 9.97 Å². The third-order valence-corrected chi connectivity index (χ3v) is 6.82. The van der Waals surface area contributed by atoms with E-state index in [2.05, 4.69) is 14.9 Å². The number of aliphatic hydroxyl groups is 1. The highest BCUT2D eigenvalue weighted by atomic mass is 35.5. The van der Waals surface area contributed by atoms with Crippen LogP contribution in [0.2, 0.25) is 5.02 Å². The van der Waals surface area contributed by atoms with Crippen molar-refractivity contribution < 1.29 is 14.2 Å². The van der Waals surface area contributed by atoms with Gasteiger partial charge in [0, 0.05) is 49.3 Å². The summed E-state index contributed by atoms with van der Waals surface area (Å²) in [6.07, 6.45) is 3.13. The number of nitrogens with zero attached hydrogens (tertiary/aromatic N) is 4. The molecule has 5 rings (SSSR count). The average Bonchev–Trinajstić information content (AvgIpc) is 3.28. The molecule has 0 aliphatic carbocycles. The molecule has 2 aromatic rings. The number of rotatable bonds is 3.